The normalized spacial score (nSPS) is 24.9. The average Bonchev–Trinajstić information content (AvgIpc) is 3.12. The van der Waals surface area contributed by atoms with Crippen LogP contribution < -0.4 is 5.32 Å². The number of rotatable bonds is 3. The van der Waals surface area contributed by atoms with E-state index in [-0.39, 0.29) is 5.25 Å². The highest BCUT2D eigenvalue weighted by atomic mass is 32.2. The summed E-state index contributed by atoms with van der Waals surface area (Å²) in [6.45, 7) is 2.07. The van der Waals surface area contributed by atoms with Crippen molar-refractivity contribution in [2.24, 2.45) is 0 Å². The molecule has 104 valence electrons. The smallest absolute Gasteiger partial charge is 0.181 e. The van der Waals surface area contributed by atoms with Crippen molar-refractivity contribution in [2.75, 3.05) is 13.1 Å². The van der Waals surface area contributed by atoms with Crippen LogP contribution in [0.15, 0.2) is 29.2 Å². The van der Waals surface area contributed by atoms with Crippen LogP contribution >= 0.6 is 0 Å². The summed E-state index contributed by atoms with van der Waals surface area (Å²) in [6.07, 6.45) is 4.91. The number of nitrogens with one attached hydrogen (secondary N) is 1. The van der Waals surface area contributed by atoms with Crippen LogP contribution in [0.25, 0.3) is 0 Å². The van der Waals surface area contributed by atoms with Gasteiger partial charge in [-0.3, -0.25) is 0 Å². The Bertz CT molecular complexity index is 524. The zero-order chi connectivity index (χ0) is 13.3. The van der Waals surface area contributed by atoms with E-state index in [1.165, 1.54) is 5.56 Å². The van der Waals surface area contributed by atoms with E-state index in [1.807, 2.05) is 12.1 Å². The van der Waals surface area contributed by atoms with Gasteiger partial charge in [0.2, 0.25) is 0 Å². The molecule has 0 bridgehead atoms. The fourth-order valence-corrected chi connectivity index (χ4v) is 5.11. The van der Waals surface area contributed by atoms with Crippen LogP contribution in [0, 0.1) is 0 Å². The molecule has 1 atom stereocenters. The Labute approximate surface area is 115 Å². The lowest BCUT2D eigenvalue weighted by Gasteiger charge is -2.13. The molecule has 2 fully saturated rings. The molecule has 0 radical (unpaired) electrons. The minimum atomic E-state index is -3.09. The summed E-state index contributed by atoms with van der Waals surface area (Å²) >= 11 is 0. The van der Waals surface area contributed by atoms with Gasteiger partial charge >= 0.3 is 0 Å². The van der Waals surface area contributed by atoms with Crippen LogP contribution in [-0.4, -0.2) is 26.8 Å². The number of hydrogen-bond acceptors (Lipinski definition) is 3. The van der Waals surface area contributed by atoms with Gasteiger partial charge in [0.05, 0.1) is 10.1 Å². The second kappa shape index (κ2) is 5.25. The third-order valence-corrected chi connectivity index (χ3v) is 6.76. The Morgan fingerprint density at radius 2 is 1.68 bits per heavy atom. The van der Waals surface area contributed by atoms with Gasteiger partial charge in [-0.25, -0.2) is 8.42 Å². The molecular weight excluding hydrogens is 258 g/mol. The van der Waals surface area contributed by atoms with Crippen molar-refractivity contribution in [3.63, 3.8) is 0 Å². The molecule has 1 aliphatic heterocycles. The summed E-state index contributed by atoms with van der Waals surface area (Å²) in [7, 11) is -3.09. The SMILES string of the molecule is O=S(=O)(c1ccc(C2CCNC2)cc1)C1CCCC1. The van der Waals surface area contributed by atoms with Gasteiger partial charge in [0.1, 0.15) is 0 Å². The average molecular weight is 279 g/mol. The van der Waals surface area contributed by atoms with E-state index in [4.69, 9.17) is 0 Å². The first kappa shape index (κ1) is 13.1. The molecular formula is C15H21NO2S. The standard InChI is InChI=1S/C15H21NO2S/c17-19(18,14-3-1-2-4-14)15-7-5-12(6-8-15)13-9-10-16-11-13/h5-8,13-14,16H,1-4,9-11H2. The van der Waals surface area contributed by atoms with Crippen molar-refractivity contribution in [1.82, 2.24) is 5.32 Å². The monoisotopic (exact) mass is 279 g/mol. The molecule has 0 spiro atoms. The summed E-state index contributed by atoms with van der Waals surface area (Å²) in [5.74, 6) is 0.545. The fourth-order valence-electron chi connectivity index (χ4n) is 3.26. The molecule has 3 rings (SSSR count). The Kier molecular flexibility index (Phi) is 3.63. The maximum Gasteiger partial charge on any atom is 0.181 e. The topological polar surface area (TPSA) is 46.2 Å². The van der Waals surface area contributed by atoms with Gasteiger partial charge in [-0.05, 0) is 49.4 Å². The maximum atomic E-state index is 12.5. The van der Waals surface area contributed by atoms with E-state index in [9.17, 15) is 8.42 Å². The minimum absolute atomic E-state index is 0.147. The minimum Gasteiger partial charge on any atom is -0.316 e. The highest BCUT2D eigenvalue weighted by molar-refractivity contribution is 7.92. The highest BCUT2D eigenvalue weighted by Crippen LogP contribution is 2.30. The molecule has 1 aliphatic carbocycles. The maximum absolute atomic E-state index is 12.5. The Balaban J connectivity index is 1.81. The molecule has 0 amide bonds. The largest absolute Gasteiger partial charge is 0.316 e. The second-order valence-electron chi connectivity index (χ2n) is 5.71. The third kappa shape index (κ3) is 2.56. The van der Waals surface area contributed by atoms with Gasteiger partial charge in [0.25, 0.3) is 0 Å². The van der Waals surface area contributed by atoms with Gasteiger partial charge in [0, 0.05) is 6.54 Å². The summed E-state index contributed by atoms with van der Waals surface area (Å²) in [5, 5.41) is 3.20. The van der Waals surface area contributed by atoms with Crippen LogP contribution in [0.5, 0.6) is 0 Å². The number of hydrogen-bond donors (Lipinski definition) is 1. The van der Waals surface area contributed by atoms with Crippen molar-refractivity contribution in [3.05, 3.63) is 29.8 Å². The van der Waals surface area contributed by atoms with Crippen LogP contribution in [0.1, 0.15) is 43.6 Å². The first-order valence-corrected chi connectivity index (χ1v) is 8.77. The third-order valence-electron chi connectivity index (χ3n) is 4.48. The number of benzene rings is 1. The molecule has 19 heavy (non-hydrogen) atoms. The van der Waals surface area contributed by atoms with E-state index < -0.39 is 9.84 Å². The fraction of sp³-hybridized carbons (Fsp3) is 0.600. The van der Waals surface area contributed by atoms with Crippen molar-refractivity contribution in [1.29, 1.82) is 0 Å². The van der Waals surface area contributed by atoms with E-state index in [0.29, 0.717) is 10.8 Å². The molecule has 1 aromatic rings. The summed E-state index contributed by atoms with van der Waals surface area (Å²) in [6, 6.07) is 7.61. The Hall–Kier alpha value is -0.870. The molecule has 1 heterocycles. The molecule has 0 aromatic heterocycles. The van der Waals surface area contributed by atoms with Gasteiger partial charge in [-0.2, -0.15) is 0 Å². The van der Waals surface area contributed by atoms with Crippen molar-refractivity contribution in [2.45, 2.75) is 48.2 Å². The lowest BCUT2D eigenvalue weighted by atomic mass is 9.99. The van der Waals surface area contributed by atoms with E-state index >= 15 is 0 Å². The van der Waals surface area contributed by atoms with E-state index in [0.717, 1.165) is 45.2 Å². The molecule has 1 saturated carbocycles. The zero-order valence-corrected chi connectivity index (χ0v) is 12.0. The molecule has 4 heteroatoms. The summed E-state index contributed by atoms with van der Waals surface area (Å²) in [4.78, 5) is 0.508. The van der Waals surface area contributed by atoms with Gasteiger partial charge < -0.3 is 5.32 Å². The van der Waals surface area contributed by atoms with Crippen molar-refractivity contribution >= 4 is 9.84 Å². The molecule has 1 unspecified atom stereocenters. The molecule has 3 nitrogen and oxygen atoms in total. The first-order valence-electron chi connectivity index (χ1n) is 7.22. The molecule has 1 saturated heterocycles. The summed E-state index contributed by atoms with van der Waals surface area (Å²) < 4.78 is 24.9. The number of sulfone groups is 1. The lowest BCUT2D eigenvalue weighted by Crippen LogP contribution is -2.17. The molecule has 1 aromatic carbocycles. The zero-order valence-electron chi connectivity index (χ0n) is 11.1. The first-order chi connectivity index (χ1) is 9.18. The quantitative estimate of drug-likeness (QED) is 0.924. The van der Waals surface area contributed by atoms with E-state index in [1.54, 1.807) is 12.1 Å². The van der Waals surface area contributed by atoms with E-state index in [2.05, 4.69) is 5.32 Å². The van der Waals surface area contributed by atoms with Gasteiger partial charge in [0.15, 0.2) is 9.84 Å². The van der Waals surface area contributed by atoms with Crippen molar-refractivity contribution in [3.8, 4) is 0 Å². The van der Waals surface area contributed by atoms with Crippen molar-refractivity contribution < 1.29 is 8.42 Å². The van der Waals surface area contributed by atoms with Gasteiger partial charge in [-0.1, -0.05) is 25.0 Å². The van der Waals surface area contributed by atoms with Crippen LogP contribution in [-0.2, 0) is 9.84 Å². The van der Waals surface area contributed by atoms with Crippen LogP contribution in [0.2, 0.25) is 0 Å². The lowest BCUT2D eigenvalue weighted by molar-refractivity contribution is 0.579. The summed E-state index contributed by atoms with van der Waals surface area (Å²) in [5.41, 5.74) is 1.26. The predicted molar refractivity (Wildman–Crippen MR) is 76.1 cm³/mol. The molecule has 1 N–H and O–H groups in total. The van der Waals surface area contributed by atoms with Crippen LogP contribution in [0.3, 0.4) is 0 Å². The predicted octanol–water partition coefficient (Wildman–Crippen LogP) is 2.48. The highest BCUT2D eigenvalue weighted by Gasteiger charge is 2.30. The van der Waals surface area contributed by atoms with Crippen LogP contribution in [0.4, 0.5) is 0 Å². The Morgan fingerprint density at radius 1 is 1.00 bits per heavy atom. The molecule has 2 aliphatic rings. The van der Waals surface area contributed by atoms with Gasteiger partial charge in [-0.15, -0.1) is 0 Å². The second-order valence-corrected chi connectivity index (χ2v) is 7.94. The Morgan fingerprint density at radius 3 is 2.26 bits per heavy atom.